The average molecular weight is 316 g/mol. The number of carbonyl (C=O) groups is 1. The molecule has 2 N–H and O–H groups in total. The van der Waals surface area contributed by atoms with Gasteiger partial charge in [0.05, 0.1) is 12.6 Å². The highest BCUT2D eigenvalue weighted by atomic mass is 16.5. The van der Waals surface area contributed by atoms with E-state index < -0.39 is 0 Å². The minimum atomic E-state index is 0.0246. The Morgan fingerprint density at radius 1 is 1.30 bits per heavy atom. The highest BCUT2D eigenvalue weighted by molar-refractivity contribution is 5.80. The number of nitrogens with one attached hydrogen (secondary N) is 2. The minimum Gasteiger partial charge on any atom is -0.491 e. The maximum atomic E-state index is 11.9. The van der Waals surface area contributed by atoms with E-state index in [2.05, 4.69) is 16.7 Å². The number of hydrogen-bond acceptors (Lipinski definition) is 3. The highest BCUT2D eigenvalue weighted by Crippen LogP contribution is 2.19. The molecule has 0 aromatic heterocycles. The summed E-state index contributed by atoms with van der Waals surface area (Å²) >= 11 is 0. The van der Waals surface area contributed by atoms with E-state index in [1.54, 1.807) is 0 Å². The standard InChI is InChI=1S/C19H28N2O2/c1-15(2)23-18-10-6-9-17(13-18)21-14-19(22)20-12-11-16-7-4-3-5-8-16/h6-7,9-10,13,15,21H,3-5,8,11-12,14H2,1-2H3,(H,20,22). The van der Waals surface area contributed by atoms with Crippen molar-refractivity contribution in [3.63, 3.8) is 0 Å². The fourth-order valence-electron chi connectivity index (χ4n) is 2.69. The number of benzene rings is 1. The molecule has 0 bridgehead atoms. The van der Waals surface area contributed by atoms with Gasteiger partial charge in [0, 0.05) is 18.3 Å². The Morgan fingerprint density at radius 2 is 2.17 bits per heavy atom. The Balaban J connectivity index is 1.68. The zero-order chi connectivity index (χ0) is 16.5. The lowest BCUT2D eigenvalue weighted by Crippen LogP contribution is -2.30. The van der Waals surface area contributed by atoms with Crippen LogP contribution in [0.5, 0.6) is 5.75 Å². The topological polar surface area (TPSA) is 50.4 Å². The highest BCUT2D eigenvalue weighted by Gasteiger charge is 2.05. The van der Waals surface area contributed by atoms with E-state index in [1.807, 2.05) is 38.1 Å². The number of ether oxygens (including phenoxy) is 1. The monoisotopic (exact) mass is 316 g/mol. The van der Waals surface area contributed by atoms with Crippen molar-refractivity contribution in [3.05, 3.63) is 35.9 Å². The predicted molar refractivity (Wildman–Crippen MR) is 94.9 cm³/mol. The Bertz CT molecular complexity index is 538. The van der Waals surface area contributed by atoms with Crippen LogP contribution in [0.2, 0.25) is 0 Å². The molecule has 4 heteroatoms. The molecule has 4 nitrogen and oxygen atoms in total. The zero-order valence-corrected chi connectivity index (χ0v) is 14.2. The lowest BCUT2D eigenvalue weighted by atomic mass is 9.97. The van der Waals surface area contributed by atoms with Gasteiger partial charge in [0.25, 0.3) is 0 Å². The Labute approximate surface area is 139 Å². The van der Waals surface area contributed by atoms with Crippen molar-refractivity contribution in [2.24, 2.45) is 0 Å². The SMILES string of the molecule is CC(C)Oc1cccc(NCC(=O)NCCC2=CCCCC2)c1. The third-order valence-corrected chi connectivity index (χ3v) is 3.81. The van der Waals surface area contributed by atoms with Gasteiger partial charge in [-0.25, -0.2) is 0 Å². The number of rotatable bonds is 8. The van der Waals surface area contributed by atoms with E-state index in [0.717, 1.165) is 24.4 Å². The van der Waals surface area contributed by atoms with Gasteiger partial charge in [0.15, 0.2) is 0 Å². The quantitative estimate of drug-likeness (QED) is 0.715. The van der Waals surface area contributed by atoms with Gasteiger partial charge in [0.2, 0.25) is 5.91 Å². The summed E-state index contributed by atoms with van der Waals surface area (Å²) in [6, 6.07) is 7.70. The van der Waals surface area contributed by atoms with Gasteiger partial charge in [0.1, 0.15) is 5.75 Å². The summed E-state index contributed by atoms with van der Waals surface area (Å²) in [5.74, 6) is 0.839. The first kappa shape index (κ1) is 17.4. The van der Waals surface area contributed by atoms with E-state index in [0.29, 0.717) is 0 Å². The zero-order valence-electron chi connectivity index (χ0n) is 14.2. The smallest absolute Gasteiger partial charge is 0.239 e. The molecule has 0 radical (unpaired) electrons. The maximum Gasteiger partial charge on any atom is 0.239 e. The molecule has 0 unspecified atom stereocenters. The van der Waals surface area contributed by atoms with Crippen LogP contribution in [0.15, 0.2) is 35.9 Å². The van der Waals surface area contributed by atoms with Gasteiger partial charge in [-0.15, -0.1) is 0 Å². The first-order chi connectivity index (χ1) is 11.1. The molecule has 1 amide bonds. The second-order valence-corrected chi connectivity index (χ2v) is 6.26. The van der Waals surface area contributed by atoms with Gasteiger partial charge in [-0.3, -0.25) is 4.79 Å². The summed E-state index contributed by atoms with van der Waals surface area (Å²) in [6.45, 7) is 5.00. The van der Waals surface area contributed by atoms with Crippen LogP contribution in [0.3, 0.4) is 0 Å². The van der Waals surface area contributed by atoms with Gasteiger partial charge in [-0.1, -0.05) is 17.7 Å². The number of hydrogen-bond donors (Lipinski definition) is 2. The molecule has 1 aliphatic rings. The maximum absolute atomic E-state index is 11.9. The Morgan fingerprint density at radius 3 is 2.91 bits per heavy atom. The molecule has 0 aliphatic heterocycles. The van der Waals surface area contributed by atoms with Gasteiger partial charge in [-0.2, -0.15) is 0 Å². The van der Waals surface area contributed by atoms with Crippen LogP contribution in [0.25, 0.3) is 0 Å². The van der Waals surface area contributed by atoms with E-state index in [4.69, 9.17) is 4.74 Å². The molecule has 0 fully saturated rings. The first-order valence-corrected chi connectivity index (χ1v) is 8.58. The Hall–Kier alpha value is -1.97. The molecule has 126 valence electrons. The van der Waals surface area contributed by atoms with Crippen molar-refractivity contribution < 1.29 is 9.53 Å². The third kappa shape index (κ3) is 6.76. The van der Waals surface area contributed by atoms with Crippen molar-refractivity contribution in [1.29, 1.82) is 0 Å². The molecular formula is C19H28N2O2. The van der Waals surface area contributed by atoms with E-state index in [9.17, 15) is 4.79 Å². The second kappa shape index (κ2) is 9.23. The van der Waals surface area contributed by atoms with Crippen molar-refractivity contribution in [1.82, 2.24) is 5.32 Å². The molecule has 2 rings (SSSR count). The van der Waals surface area contributed by atoms with Gasteiger partial charge in [-0.05, 0) is 58.1 Å². The lowest BCUT2D eigenvalue weighted by molar-refractivity contribution is -0.119. The molecule has 0 heterocycles. The largest absolute Gasteiger partial charge is 0.491 e. The summed E-state index contributed by atoms with van der Waals surface area (Å²) in [5.41, 5.74) is 2.39. The molecule has 0 saturated carbocycles. The van der Waals surface area contributed by atoms with Crippen LogP contribution in [0, 0.1) is 0 Å². The molecule has 0 atom stereocenters. The van der Waals surface area contributed by atoms with E-state index in [1.165, 1.54) is 31.3 Å². The van der Waals surface area contributed by atoms with Gasteiger partial charge >= 0.3 is 0 Å². The number of allylic oxidation sites excluding steroid dienone is 1. The summed E-state index contributed by atoms with van der Waals surface area (Å²) in [5, 5.41) is 6.11. The molecule has 0 spiro atoms. The third-order valence-electron chi connectivity index (χ3n) is 3.81. The summed E-state index contributed by atoms with van der Waals surface area (Å²) in [7, 11) is 0. The fourth-order valence-corrected chi connectivity index (χ4v) is 2.69. The van der Waals surface area contributed by atoms with Crippen molar-refractivity contribution in [2.75, 3.05) is 18.4 Å². The number of carbonyl (C=O) groups excluding carboxylic acids is 1. The van der Waals surface area contributed by atoms with Crippen molar-refractivity contribution in [3.8, 4) is 5.75 Å². The van der Waals surface area contributed by atoms with Crippen LogP contribution >= 0.6 is 0 Å². The molecule has 0 saturated heterocycles. The second-order valence-electron chi connectivity index (χ2n) is 6.26. The van der Waals surface area contributed by atoms with E-state index in [-0.39, 0.29) is 18.6 Å². The average Bonchev–Trinajstić information content (AvgIpc) is 2.54. The van der Waals surface area contributed by atoms with Crippen LogP contribution < -0.4 is 15.4 Å². The van der Waals surface area contributed by atoms with Gasteiger partial charge < -0.3 is 15.4 Å². The fraction of sp³-hybridized carbons (Fsp3) is 0.526. The van der Waals surface area contributed by atoms with Crippen LogP contribution in [-0.2, 0) is 4.79 Å². The summed E-state index contributed by atoms with van der Waals surface area (Å²) in [6.07, 6.45) is 8.42. The molecule has 1 aromatic carbocycles. The van der Waals surface area contributed by atoms with E-state index >= 15 is 0 Å². The Kier molecular flexibility index (Phi) is 6.98. The minimum absolute atomic E-state index is 0.0246. The normalized spacial score (nSPS) is 14.3. The van der Waals surface area contributed by atoms with Crippen molar-refractivity contribution >= 4 is 11.6 Å². The molecule has 1 aromatic rings. The summed E-state index contributed by atoms with van der Waals surface area (Å²) in [4.78, 5) is 11.9. The number of amides is 1. The summed E-state index contributed by atoms with van der Waals surface area (Å²) < 4.78 is 5.65. The van der Waals surface area contributed by atoms with Crippen LogP contribution in [0.4, 0.5) is 5.69 Å². The molecule has 23 heavy (non-hydrogen) atoms. The van der Waals surface area contributed by atoms with Crippen LogP contribution in [-0.4, -0.2) is 25.1 Å². The molecular weight excluding hydrogens is 288 g/mol. The van der Waals surface area contributed by atoms with Crippen molar-refractivity contribution in [2.45, 2.75) is 52.1 Å². The number of anilines is 1. The van der Waals surface area contributed by atoms with Crippen LogP contribution in [0.1, 0.15) is 46.0 Å². The first-order valence-electron chi connectivity index (χ1n) is 8.58. The molecule has 1 aliphatic carbocycles. The predicted octanol–water partition coefficient (Wildman–Crippen LogP) is 3.89. The lowest BCUT2D eigenvalue weighted by Gasteiger charge is -2.14.